The zero-order chi connectivity index (χ0) is 24.0. The van der Waals surface area contributed by atoms with Crippen LogP contribution in [0.5, 0.6) is 0 Å². The predicted octanol–water partition coefficient (Wildman–Crippen LogP) is 8.47. The Morgan fingerprint density at radius 3 is 1.40 bits per heavy atom. The number of benzene rings is 5. The molecule has 0 amide bonds. The summed E-state index contributed by atoms with van der Waals surface area (Å²) in [4.78, 5) is 19.0. The third-order valence-corrected chi connectivity index (χ3v) is 8.93. The molecular weight excluding hydrogens is 464 g/mol. The van der Waals surface area contributed by atoms with Gasteiger partial charge in [0.15, 0.2) is 20.5 Å². The Labute approximate surface area is 214 Å². The molecule has 0 bridgehead atoms. The summed E-state index contributed by atoms with van der Waals surface area (Å²) in [5.41, 5.74) is 2.58. The first-order valence-electron chi connectivity index (χ1n) is 11.5. The molecule has 0 saturated heterocycles. The summed E-state index contributed by atoms with van der Waals surface area (Å²) in [6.45, 7) is 2.02. The van der Waals surface area contributed by atoms with Gasteiger partial charge in [0.25, 0.3) is 0 Å². The summed E-state index contributed by atoms with van der Waals surface area (Å²) in [7, 11) is -0.144. The van der Waals surface area contributed by atoms with Crippen LogP contribution >= 0.6 is 11.8 Å². The number of ketones is 1. The second-order valence-electron chi connectivity index (χ2n) is 8.23. The van der Waals surface area contributed by atoms with E-state index < -0.39 is 0 Å². The van der Waals surface area contributed by atoms with Gasteiger partial charge in [-0.05, 0) is 79.7 Å². The zero-order valence-electron chi connectivity index (χ0n) is 19.4. The lowest BCUT2D eigenvalue weighted by molar-refractivity contribution is 0.103. The Bertz CT molecular complexity index is 1350. The maximum atomic E-state index is 12.8. The molecule has 0 aliphatic heterocycles. The fourth-order valence-corrected chi connectivity index (χ4v) is 6.75. The van der Waals surface area contributed by atoms with E-state index in [-0.39, 0.29) is 16.7 Å². The maximum Gasteiger partial charge on any atom is 0.193 e. The molecule has 170 valence electrons. The first kappa shape index (κ1) is 23.2. The Morgan fingerprint density at radius 1 is 0.514 bits per heavy atom. The summed E-state index contributed by atoms with van der Waals surface area (Å²) in [6, 6.07) is 45.9. The van der Waals surface area contributed by atoms with Crippen molar-refractivity contribution in [3.8, 4) is 0 Å². The molecule has 1 nitrogen and oxygen atoms in total. The standard InChI is InChI=1S/C32H25OS2/c1-24-12-14-25(15-13-24)32(33)26-16-18-27(19-17-26)34-28-20-22-31(23-21-28)35(29-8-4-2-5-9-29)30-10-6-3-7-11-30/h2-23H,1H3/q+1. The van der Waals surface area contributed by atoms with Crippen LogP contribution in [0, 0.1) is 6.92 Å². The fourth-order valence-electron chi connectivity index (χ4n) is 3.85. The van der Waals surface area contributed by atoms with Crippen LogP contribution in [0.2, 0.25) is 0 Å². The van der Waals surface area contributed by atoms with Gasteiger partial charge >= 0.3 is 0 Å². The van der Waals surface area contributed by atoms with Gasteiger partial charge in [0.05, 0.1) is 10.9 Å². The lowest BCUT2D eigenvalue weighted by atomic mass is 10.0. The van der Waals surface area contributed by atoms with Crippen LogP contribution in [0.15, 0.2) is 158 Å². The Kier molecular flexibility index (Phi) is 7.17. The van der Waals surface area contributed by atoms with Crippen molar-refractivity contribution in [2.45, 2.75) is 31.4 Å². The van der Waals surface area contributed by atoms with Crippen LogP contribution in [-0.4, -0.2) is 5.78 Å². The number of rotatable bonds is 7. The average Bonchev–Trinajstić information content (AvgIpc) is 2.92. The first-order chi connectivity index (χ1) is 17.2. The minimum absolute atomic E-state index is 0.0553. The molecule has 0 fully saturated rings. The smallest absolute Gasteiger partial charge is 0.193 e. The number of aryl methyl sites for hydroxylation is 1. The van der Waals surface area contributed by atoms with E-state index in [1.165, 1.54) is 19.6 Å². The van der Waals surface area contributed by atoms with Crippen LogP contribution in [0.3, 0.4) is 0 Å². The van der Waals surface area contributed by atoms with E-state index in [1.54, 1.807) is 11.8 Å². The van der Waals surface area contributed by atoms with E-state index in [1.807, 2.05) is 55.5 Å². The Balaban J connectivity index is 1.33. The molecule has 0 atom stereocenters. The molecule has 0 N–H and O–H groups in total. The second-order valence-corrected chi connectivity index (χ2v) is 11.4. The highest BCUT2D eigenvalue weighted by Gasteiger charge is 2.28. The highest BCUT2D eigenvalue weighted by Crippen LogP contribution is 2.34. The van der Waals surface area contributed by atoms with Crippen molar-refractivity contribution in [1.82, 2.24) is 0 Å². The first-order valence-corrected chi connectivity index (χ1v) is 13.6. The van der Waals surface area contributed by atoms with Crippen LogP contribution < -0.4 is 0 Å². The van der Waals surface area contributed by atoms with Gasteiger partial charge in [0.1, 0.15) is 0 Å². The fraction of sp³-hybridized carbons (Fsp3) is 0.0312. The maximum absolute atomic E-state index is 12.8. The molecule has 0 unspecified atom stereocenters. The largest absolute Gasteiger partial charge is 0.289 e. The molecule has 0 aliphatic rings. The van der Waals surface area contributed by atoms with Gasteiger partial charge in [0.2, 0.25) is 0 Å². The predicted molar refractivity (Wildman–Crippen MR) is 147 cm³/mol. The molecule has 0 saturated carbocycles. The van der Waals surface area contributed by atoms with Crippen molar-refractivity contribution >= 4 is 28.4 Å². The van der Waals surface area contributed by atoms with Crippen LogP contribution in [-0.2, 0) is 10.9 Å². The Morgan fingerprint density at radius 2 is 0.914 bits per heavy atom. The monoisotopic (exact) mass is 489 g/mol. The molecule has 0 radical (unpaired) electrons. The highest BCUT2D eigenvalue weighted by atomic mass is 32.2. The van der Waals surface area contributed by atoms with Crippen molar-refractivity contribution < 1.29 is 4.79 Å². The van der Waals surface area contributed by atoms with E-state index in [9.17, 15) is 4.79 Å². The van der Waals surface area contributed by atoms with Gasteiger partial charge in [-0.3, -0.25) is 4.79 Å². The van der Waals surface area contributed by atoms with Crippen molar-refractivity contribution in [2.24, 2.45) is 0 Å². The van der Waals surface area contributed by atoms with Gasteiger partial charge < -0.3 is 0 Å². The van der Waals surface area contributed by atoms with E-state index >= 15 is 0 Å². The third kappa shape index (κ3) is 5.59. The van der Waals surface area contributed by atoms with Gasteiger partial charge in [-0.2, -0.15) is 0 Å². The summed E-state index contributed by atoms with van der Waals surface area (Å²) in [6.07, 6.45) is 0. The lowest BCUT2D eigenvalue weighted by Gasteiger charge is -2.09. The molecule has 5 aromatic carbocycles. The van der Waals surface area contributed by atoms with Crippen LogP contribution in [0.25, 0.3) is 0 Å². The summed E-state index contributed by atoms with van der Waals surface area (Å²) >= 11 is 1.71. The van der Waals surface area contributed by atoms with E-state index in [4.69, 9.17) is 0 Å². The lowest BCUT2D eigenvalue weighted by Crippen LogP contribution is -2.04. The van der Waals surface area contributed by atoms with E-state index in [0.717, 1.165) is 16.0 Å². The molecule has 0 heterocycles. The highest BCUT2D eigenvalue weighted by molar-refractivity contribution is 7.99. The topological polar surface area (TPSA) is 17.1 Å². The Hall–Kier alpha value is -3.53. The summed E-state index contributed by atoms with van der Waals surface area (Å²) in [5, 5.41) is 0. The zero-order valence-corrected chi connectivity index (χ0v) is 21.1. The minimum atomic E-state index is -0.144. The van der Waals surface area contributed by atoms with Crippen LogP contribution in [0.4, 0.5) is 0 Å². The number of carbonyl (C=O) groups is 1. The molecular formula is C32H25OS2+. The molecule has 0 spiro atoms. The molecule has 5 aromatic rings. The molecule has 0 aliphatic carbocycles. The molecule has 0 aromatic heterocycles. The SMILES string of the molecule is Cc1ccc(C(=O)c2ccc(Sc3ccc([S+](c4ccccc4)c4ccccc4)cc3)cc2)cc1. The number of hydrogen-bond acceptors (Lipinski definition) is 2. The van der Waals surface area contributed by atoms with Crippen molar-refractivity contribution in [3.63, 3.8) is 0 Å². The van der Waals surface area contributed by atoms with E-state index in [2.05, 4.69) is 84.9 Å². The molecule has 5 rings (SSSR count). The summed E-state index contributed by atoms with van der Waals surface area (Å²) in [5.74, 6) is 0.0553. The van der Waals surface area contributed by atoms with Crippen molar-refractivity contribution in [2.75, 3.05) is 0 Å². The van der Waals surface area contributed by atoms with Gasteiger partial charge in [-0.1, -0.05) is 78.0 Å². The van der Waals surface area contributed by atoms with Crippen LogP contribution in [0.1, 0.15) is 21.5 Å². The van der Waals surface area contributed by atoms with Gasteiger partial charge in [0, 0.05) is 20.9 Å². The van der Waals surface area contributed by atoms with Gasteiger partial charge in [-0.25, -0.2) is 0 Å². The minimum Gasteiger partial charge on any atom is -0.289 e. The molecule has 3 heteroatoms. The van der Waals surface area contributed by atoms with Crippen molar-refractivity contribution in [3.05, 3.63) is 150 Å². The number of carbonyl (C=O) groups excluding carboxylic acids is 1. The van der Waals surface area contributed by atoms with E-state index in [0.29, 0.717) is 5.56 Å². The summed E-state index contributed by atoms with van der Waals surface area (Å²) < 4.78 is 0. The quantitative estimate of drug-likeness (QED) is 0.168. The number of hydrogen-bond donors (Lipinski definition) is 0. The second kappa shape index (κ2) is 10.8. The van der Waals surface area contributed by atoms with Crippen molar-refractivity contribution in [1.29, 1.82) is 0 Å². The van der Waals surface area contributed by atoms with Gasteiger partial charge in [-0.15, -0.1) is 0 Å². The third-order valence-electron chi connectivity index (χ3n) is 5.68. The molecule has 35 heavy (non-hydrogen) atoms. The normalized spacial score (nSPS) is 10.9. The average molecular weight is 490 g/mol.